The molecule has 0 spiro atoms. The van der Waals surface area contributed by atoms with Crippen LogP contribution < -0.4 is 5.32 Å². The second kappa shape index (κ2) is 16.9. The van der Waals surface area contributed by atoms with Crippen molar-refractivity contribution in [1.29, 1.82) is 0 Å². The van der Waals surface area contributed by atoms with Crippen LogP contribution in [-0.4, -0.2) is 58.0 Å². The molecule has 4 aromatic rings. The van der Waals surface area contributed by atoms with Crippen LogP contribution >= 0.6 is 0 Å². The number of aliphatic hydroxyl groups is 2. The number of carbonyl (C=O) groups is 3. The van der Waals surface area contributed by atoms with Gasteiger partial charge in [-0.25, -0.2) is 9.18 Å². The normalized spacial score (nSPS) is 12.7. The minimum absolute atomic E-state index is 0.118. The van der Waals surface area contributed by atoms with Gasteiger partial charge in [0, 0.05) is 35.8 Å². The minimum Gasteiger partial charge on any atom is -0.469 e. The summed E-state index contributed by atoms with van der Waals surface area (Å²) < 4.78 is 25.9. The highest BCUT2D eigenvalue weighted by Crippen LogP contribution is 2.42. The quantitative estimate of drug-likeness (QED) is 0.127. The maximum atomic E-state index is 14.3. The van der Waals surface area contributed by atoms with Gasteiger partial charge in [0.25, 0.3) is 5.91 Å². The molecule has 0 saturated heterocycles. The first-order valence-electron chi connectivity index (χ1n) is 16.2. The summed E-state index contributed by atoms with van der Waals surface area (Å²) in [6.07, 6.45) is 0.302. The zero-order valence-corrected chi connectivity index (χ0v) is 28.4. The molecule has 2 atom stereocenters. The fourth-order valence-electron chi connectivity index (χ4n) is 5.55. The summed E-state index contributed by atoms with van der Waals surface area (Å²) in [5.41, 5.74) is 4.79. The predicted molar refractivity (Wildman–Crippen MR) is 186 cm³/mol. The van der Waals surface area contributed by atoms with E-state index >= 15 is 0 Å². The Morgan fingerprint density at radius 3 is 2.10 bits per heavy atom. The maximum absolute atomic E-state index is 14.3. The molecule has 0 aliphatic carbocycles. The number of esters is 2. The average molecular weight is 671 g/mol. The van der Waals surface area contributed by atoms with Crippen molar-refractivity contribution in [2.24, 2.45) is 0 Å². The summed E-state index contributed by atoms with van der Waals surface area (Å²) in [7, 11) is 1.22. The van der Waals surface area contributed by atoms with E-state index in [1.807, 2.05) is 48.7 Å². The van der Waals surface area contributed by atoms with E-state index in [0.29, 0.717) is 33.6 Å². The minimum atomic E-state index is -1.13. The third kappa shape index (κ3) is 9.52. The Labute approximate surface area is 286 Å². The van der Waals surface area contributed by atoms with Gasteiger partial charge in [-0.3, -0.25) is 9.59 Å². The zero-order valence-electron chi connectivity index (χ0n) is 28.4. The molecule has 1 aromatic heterocycles. The monoisotopic (exact) mass is 670 g/mol. The Bertz CT molecular complexity index is 1760. The smallest absolute Gasteiger partial charge is 0.338 e. The molecule has 0 aliphatic heterocycles. The van der Waals surface area contributed by atoms with Gasteiger partial charge in [-0.1, -0.05) is 60.7 Å². The van der Waals surface area contributed by atoms with Crippen LogP contribution in [0.1, 0.15) is 78.7 Å². The molecule has 1 heterocycles. The summed E-state index contributed by atoms with van der Waals surface area (Å²) >= 11 is 0. The third-order valence-corrected chi connectivity index (χ3v) is 7.78. The lowest BCUT2D eigenvalue weighted by Gasteiger charge is -2.17. The molecule has 10 heteroatoms. The van der Waals surface area contributed by atoms with Gasteiger partial charge in [0.1, 0.15) is 11.5 Å². The summed E-state index contributed by atoms with van der Waals surface area (Å²) in [5.74, 6) is -1.80. The largest absolute Gasteiger partial charge is 0.469 e. The summed E-state index contributed by atoms with van der Waals surface area (Å²) in [5, 5.41) is 24.2. The lowest BCUT2D eigenvalue weighted by Crippen LogP contribution is -2.27. The number of ether oxygens (including phenoxy) is 2. The Morgan fingerprint density at radius 2 is 1.51 bits per heavy atom. The van der Waals surface area contributed by atoms with Gasteiger partial charge >= 0.3 is 11.9 Å². The summed E-state index contributed by atoms with van der Waals surface area (Å²) in [6.45, 7) is 7.60. The SMILES string of the molecule is COC(=O)C[C@H](O)C[C@H](O)C=Cc1c(-c2ccc(F)cc2)c(-c2ccccc2)c(C(=O)NCc2ccc(C(=O)OC(C)C)cc2)n1C(C)C. The van der Waals surface area contributed by atoms with Crippen LogP contribution in [0.25, 0.3) is 28.3 Å². The third-order valence-electron chi connectivity index (χ3n) is 7.78. The van der Waals surface area contributed by atoms with Crippen molar-refractivity contribution in [3.05, 3.63) is 113 Å². The summed E-state index contributed by atoms with van der Waals surface area (Å²) in [4.78, 5) is 38.2. The van der Waals surface area contributed by atoms with Crippen LogP contribution in [0.3, 0.4) is 0 Å². The van der Waals surface area contributed by atoms with Crippen molar-refractivity contribution in [3.63, 3.8) is 0 Å². The molecule has 0 saturated carbocycles. The van der Waals surface area contributed by atoms with Gasteiger partial charge in [0.15, 0.2) is 0 Å². The van der Waals surface area contributed by atoms with Crippen molar-refractivity contribution >= 4 is 23.9 Å². The number of aromatic nitrogens is 1. The fourth-order valence-corrected chi connectivity index (χ4v) is 5.55. The molecule has 3 N–H and O–H groups in total. The first kappa shape index (κ1) is 36.8. The van der Waals surface area contributed by atoms with E-state index in [9.17, 15) is 29.0 Å². The zero-order chi connectivity index (χ0) is 35.7. The summed E-state index contributed by atoms with van der Waals surface area (Å²) in [6, 6.07) is 21.9. The van der Waals surface area contributed by atoms with E-state index in [0.717, 1.165) is 11.1 Å². The maximum Gasteiger partial charge on any atom is 0.338 e. The number of halogens is 1. The lowest BCUT2D eigenvalue weighted by atomic mass is 9.94. The van der Waals surface area contributed by atoms with Crippen LogP contribution in [0.5, 0.6) is 0 Å². The number of nitrogens with zero attached hydrogens (tertiary/aromatic N) is 1. The molecule has 4 rings (SSSR count). The lowest BCUT2D eigenvalue weighted by molar-refractivity contribution is -0.143. The van der Waals surface area contributed by atoms with Crippen molar-refractivity contribution in [2.75, 3.05) is 7.11 Å². The topological polar surface area (TPSA) is 127 Å². The van der Waals surface area contributed by atoms with Crippen LogP contribution in [0.4, 0.5) is 4.39 Å². The van der Waals surface area contributed by atoms with Crippen LogP contribution in [0, 0.1) is 5.82 Å². The molecular weight excluding hydrogens is 627 g/mol. The number of amides is 1. The van der Waals surface area contributed by atoms with E-state index in [1.54, 1.807) is 56.3 Å². The Hall–Kier alpha value is -5.06. The van der Waals surface area contributed by atoms with Gasteiger partial charge in [-0.05, 0) is 74.7 Å². The van der Waals surface area contributed by atoms with Gasteiger partial charge in [-0.15, -0.1) is 0 Å². The van der Waals surface area contributed by atoms with Crippen LogP contribution in [0.2, 0.25) is 0 Å². The average Bonchev–Trinajstić information content (AvgIpc) is 3.42. The molecular formula is C39H43FN2O7. The van der Waals surface area contributed by atoms with E-state index < -0.39 is 30.0 Å². The van der Waals surface area contributed by atoms with Crippen molar-refractivity contribution in [2.45, 2.75) is 71.4 Å². The first-order chi connectivity index (χ1) is 23.4. The Morgan fingerprint density at radius 1 is 0.878 bits per heavy atom. The highest BCUT2D eigenvalue weighted by molar-refractivity contribution is 6.06. The molecule has 0 bridgehead atoms. The van der Waals surface area contributed by atoms with Gasteiger partial charge in [0.05, 0.1) is 37.4 Å². The predicted octanol–water partition coefficient (Wildman–Crippen LogP) is 6.73. The van der Waals surface area contributed by atoms with E-state index in [1.165, 1.54) is 25.3 Å². The molecule has 49 heavy (non-hydrogen) atoms. The van der Waals surface area contributed by atoms with Gasteiger partial charge < -0.3 is 29.6 Å². The highest BCUT2D eigenvalue weighted by Gasteiger charge is 2.29. The number of nitrogens with one attached hydrogen (secondary N) is 1. The van der Waals surface area contributed by atoms with Crippen molar-refractivity contribution in [3.8, 4) is 22.3 Å². The van der Waals surface area contributed by atoms with Crippen molar-refractivity contribution < 1.29 is 38.5 Å². The van der Waals surface area contributed by atoms with Crippen LogP contribution in [0.15, 0.2) is 84.9 Å². The number of carbonyl (C=O) groups excluding carboxylic acids is 3. The second-order valence-electron chi connectivity index (χ2n) is 12.3. The molecule has 0 radical (unpaired) electrons. The van der Waals surface area contributed by atoms with E-state index in [2.05, 4.69) is 10.1 Å². The first-order valence-corrected chi connectivity index (χ1v) is 16.2. The van der Waals surface area contributed by atoms with Crippen LogP contribution in [-0.2, 0) is 20.8 Å². The number of benzene rings is 3. The Kier molecular flexibility index (Phi) is 12.6. The standard InChI is InChI=1S/C39H43FN2O7/c1-24(2)42-33(20-19-31(43)21-32(44)22-34(45)48-5)35(28-15-17-30(40)18-16-28)36(27-9-7-6-8-10-27)37(42)38(46)41-23-26-11-13-29(14-12-26)39(47)49-25(3)4/h6-20,24-25,31-32,43-44H,21-23H2,1-5H3,(H,41,46)/t31-,32-/m1/s1. The molecule has 0 aliphatic rings. The van der Waals surface area contributed by atoms with E-state index in [-0.39, 0.29) is 37.4 Å². The number of aliphatic hydroxyl groups excluding tert-OH is 2. The molecule has 3 aromatic carbocycles. The van der Waals surface area contributed by atoms with Crippen molar-refractivity contribution in [1.82, 2.24) is 9.88 Å². The number of hydrogen-bond donors (Lipinski definition) is 3. The molecule has 0 unspecified atom stereocenters. The second-order valence-corrected chi connectivity index (χ2v) is 12.3. The molecule has 0 fully saturated rings. The van der Waals surface area contributed by atoms with Gasteiger partial charge in [0.2, 0.25) is 0 Å². The fraction of sp³-hybridized carbons (Fsp3) is 0.308. The molecule has 9 nitrogen and oxygen atoms in total. The number of rotatable bonds is 14. The molecule has 258 valence electrons. The number of hydrogen-bond acceptors (Lipinski definition) is 7. The van der Waals surface area contributed by atoms with E-state index in [4.69, 9.17) is 4.74 Å². The highest BCUT2D eigenvalue weighted by atomic mass is 19.1. The molecule has 1 amide bonds. The number of methoxy groups -OCH3 is 1. The van der Waals surface area contributed by atoms with Gasteiger partial charge in [-0.2, -0.15) is 0 Å². The Balaban J connectivity index is 1.80.